The first-order valence-corrected chi connectivity index (χ1v) is 9.66. The highest BCUT2D eigenvalue weighted by atomic mass is 16.5. The molecule has 2 rings (SSSR count). The van der Waals surface area contributed by atoms with E-state index in [0.717, 1.165) is 29.0 Å². The highest BCUT2D eigenvalue weighted by Crippen LogP contribution is 2.27. The van der Waals surface area contributed by atoms with Crippen molar-refractivity contribution in [3.63, 3.8) is 0 Å². The fourth-order valence-corrected chi connectivity index (χ4v) is 2.84. The lowest BCUT2D eigenvalue weighted by molar-refractivity contribution is 0.0963. The number of rotatable bonds is 9. The van der Waals surface area contributed by atoms with Gasteiger partial charge in [0.25, 0.3) is 5.91 Å². The molecule has 0 atom stereocenters. The summed E-state index contributed by atoms with van der Waals surface area (Å²) >= 11 is 0. The number of ether oxygens (including phenoxy) is 2. The number of hydrogen-bond acceptors (Lipinski definition) is 4. The van der Waals surface area contributed by atoms with Crippen LogP contribution in [0.2, 0.25) is 0 Å². The van der Waals surface area contributed by atoms with Crippen LogP contribution >= 0.6 is 0 Å². The number of guanidine groups is 1. The standard InChI is InChI=1S/C22H30N4O3/c1-5-29-20-14-17(9-10-19(20)28-4)15-26-22(24-3)25-12-11-16-7-6-8-18(13-16)21(27)23-2/h6-10,13-14H,5,11-12,15H2,1-4H3,(H,23,27)(H2,24,25,26). The highest BCUT2D eigenvalue weighted by molar-refractivity contribution is 5.94. The van der Waals surface area contributed by atoms with E-state index in [0.29, 0.717) is 31.2 Å². The van der Waals surface area contributed by atoms with Crippen molar-refractivity contribution in [3.8, 4) is 11.5 Å². The Morgan fingerprint density at radius 3 is 2.59 bits per heavy atom. The molecule has 0 aliphatic heterocycles. The molecular weight excluding hydrogens is 368 g/mol. The van der Waals surface area contributed by atoms with Gasteiger partial charge in [0.1, 0.15) is 0 Å². The number of carbonyl (C=O) groups excluding carboxylic acids is 1. The Balaban J connectivity index is 1.87. The molecule has 0 spiro atoms. The van der Waals surface area contributed by atoms with Gasteiger partial charge in [-0.25, -0.2) is 0 Å². The van der Waals surface area contributed by atoms with Crippen LogP contribution in [0.5, 0.6) is 11.5 Å². The normalized spacial score (nSPS) is 11.0. The molecule has 0 heterocycles. The molecule has 1 amide bonds. The average molecular weight is 399 g/mol. The van der Waals surface area contributed by atoms with Crippen molar-refractivity contribution < 1.29 is 14.3 Å². The molecule has 7 heteroatoms. The molecule has 0 aliphatic rings. The van der Waals surface area contributed by atoms with E-state index in [1.165, 1.54) is 0 Å². The Morgan fingerprint density at radius 1 is 1.07 bits per heavy atom. The molecule has 0 saturated heterocycles. The third-order valence-corrected chi connectivity index (χ3v) is 4.33. The fourth-order valence-electron chi connectivity index (χ4n) is 2.84. The van der Waals surface area contributed by atoms with Crippen molar-refractivity contribution in [2.24, 2.45) is 4.99 Å². The molecule has 0 unspecified atom stereocenters. The van der Waals surface area contributed by atoms with E-state index in [1.54, 1.807) is 21.2 Å². The van der Waals surface area contributed by atoms with Crippen molar-refractivity contribution in [3.05, 3.63) is 59.2 Å². The van der Waals surface area contributed by atoms with Gasteiger partial charge in [0.15, 0.2) is 17.5 Å². The maximum Gasteiger partial charge on any atom is 0.251 e. The summed E-state index contributed by atoms with van der Waals surface area (Å²) in [6, 6.07) is 13.5. The van der Waals surface area contributed by atoms with Crippen molar-refractivity contribution >= 4 is 11.9 Å². The van der Waals surface area contributed by atoms with E-state index in [2.05, 4.69) is 20.9 Å². The minimum Gasteiger partial charge on any atom is -0.493 e. The molecule has 3 N–H and O–H groups in total. The van der Waals surface area contributed by atoms with Crippen LogP contribution in [0, 0.1) is 0 Å². The zero-order chi connectivity index (χ0) is 21.1. The first kappa shape index (κ1) is 22.1. The first-order chi connectivity index (χ1) is 14.1. The predicted octanol–water partition coefficient (Wildman–Crippen LogP) is 2.36. The van der Waals surface area contributed by atoms with Gasteiger partial charge in [-0.1, -0.05) is 18.2 Å². The van der Waals surface area contributed by atoms with Gasteiger partial charge in [0.05, 0.1) is 13.7 Å². The van der Waals surface area contributed by atoms with Crippen molar-refractivity contribution in [1.82, 2.24) is 16.0 Å². The topological polar surface area (TPSA) is 84.0 Å². The monoisotopic (exact) mass is 398 g/mol. The van der Waals surface area contributed by atoms with E-state index in [1.807, 2.05) is 49.4 Å². The summed E-state index contributed by atoms with van der Waals surface area (Å²) in [5, 5.41) is 9.23. The number of nitrogens with zero attached hydrogens (tertiary/aromatic N) is 1. The molecule has 29 heavy (non-hydrogen) atoms. The minimum atomic E-state index is -0.0804. The lowest BCUT2D eigenvalue weighted by atomic mass is 10.1. The number of amides is 1. The molecule has 156 valence electrons. The van der Waals surface area contributed by atoms with Gasteiger partial charge in [-0.3, -0.25) is 9.79 Å². The smallest absolute Gasteiger partial charge is 0.251 e. The van der Waals surface area contributed by atoms with E-state index >= 15 is 0 Å². The third-order valence-electron chi connectivity index (χ3n) is 4.33. The zero-order valence-corrected chi connectivity index (χ0v) is 17.5. The minimum absolute atomic E-state index is 0.0804. The summed E-state index contributed by atoms with van der Waals surface area (Å²) in [5.74, 6) is 2.08. The number of carbonyl (C=O) groups is 1. The van der Waals surface area contributed by atoms with Gasteiger partial charge in [-0.15, -0.1) is 0 Å². The Hall–Kier alpha value is -3.22. The van der Waals surface area contributed by atoms with Gasteiger partial charge in [0.2, 0.25) is 0 Å². The molecule has 0 aliphatic carbocycles. The van der Waals surface area contributed by atoms with E-state index < -0.39 is 0 Å². The van der Waals surface area contributed by atoms with Crippen molar-refractivity contribution in [2.75, 3.05) is 34.4 Å². The second kappa shape index (κ2) is 11.6. The lowest BCUT2D eigenvalue weighted by Crippen LogP contribution is -2.37. The Kier molecular flexibility index (Phi) is 8.82. The van der Waals surface area contributed by atoms with Gasteiger partial charge >= 0.3 is 0 Å². The molecule has 7 nitrogen and oxygen atoms in total. The molecule has 0 bridgehead atoms. The number of methoxy groups -OCH3 is 1. The maximum absolute atomic E-state index is 11.7. The zero-order valence-electron chi connectivity index (χ0n) is 17.5. The second-order valence-corrected chi connectivity index (χ2v) is 6.30. The molecule has 2 aromatic rings. The summed E-state index contributed by atoms with van der Waals surface area (Å²) in [6.07, 6.45) is 0.780. The third kappa shape index (κ3) is 6.71. The van der Waals surface area contributed by atoms with Gasteiger partial charge in [0, 0.05) is 32.7 Å². The number of aliphatic imine (C=N–C) groups is 1. The van der Waals surface area contributed by atoms with Crippen LogP contribution in [0.4, 0.5) is 0 Å². The summed E-state index contributed by atoms with van der Waals surface area (Å²) in [6.45, 7) is 3.83. The summed E-state index contributed by atoms with van der Waals surface area (Å²) < 4.78 is 10.9. The van der Waals surface area contributed by atoms with Crippen molar-refractivity contribution in [2.45, 2.75) is 19.9 Å². The average Bonchev–Trinajstić information content (AvgIpc) is 2.76. The van der Waals surface area contributed by atoms with E-state index in [-0.39, 0.29) is 5.91 Å². The van der Waals surface area contributed by atoms with Crippen LogP contribution in [0.25, 0.3) is 0 Å². The van der Waals surface area contributed by atoms with E-state index in [4.69, 9.17) is 9.47 Å². The van der Waals surface area contributed by atoms with Gasteiger partial charge < -0.3 is 25.4 Å². The second-order valence-electron chi connectivity index (χ2n) is 6.30. The van der Waals surface area contributed by atoms with Crippen LogP contribution in [0.1, 0.15) is 28.4 Å². The number of benzene rings is 2. The Morgan fingerprint density at radius 2 is 1.90 bits per heavy atom. The molecule has 0 radical (unpaired) electrons. The molecule has 0 saturated carbocycles. The quantitative estimate of drug-likeness (QED) is 0.446. The van der Waals surface area contributed by atoms with Crippen LogP contribution in [0.3, 0.4) is 0 Å². The van der Waals surface area contributed by atoms with Crippen molar-refractivity contribution in [1.29, 1.82) is 0 Å². The summed E-state index contributed by atoms with van der Waals surface area (Å²) in [4.78, 5) is 16.0. The summed E-state index contributed by atoms with van der Waals surface area (Å²) in [5.41, 5.74) is 2.82. The van der Waals surface area contributed by atoms with Crippen LogP contribution in [0.15, 0.2) is 47.5 Å². The van der Waals surface area contributed by atoms with Gasteiger partial charge in [-0.2, -0.15) is 0 Å². The maximum atomic E-state index is 11.7. The SMILES string of the molecule is CCOc1cc(CNC(=NC)NCCc2cccc(C(=O)NC)c2)ccc1OC. The number of nitrogens with one attached hydrogen (secondary N) is 3. The largest absolute Gasteiger partial charge is 0.493 e. The first-order valence-electron chi connectivity index (χ1n) is 9.66. The van der Waals surface area contributed by atoms with Gasteiger partial charge in [-0.05, 0) is 48.7 Å². The van der Waals surface area contributed by atoms with Crippen LogP contribution < -0.4 is 25.4 Å². The predicted molar refractivity (Wildman–Crippen MR) is 116 cm³/mol. The number of hydrogen-bond donors (Lipinski definition) is 3. The summed E-state index contributed by atoms with van der Waals surface area (Å²) in [7, 11) is 5.00. The Labute approximate surface area is 172 Å². The lowest BCUT2D eigenvalue weighted by Gasteiger charge is -2.14. The highest BCUT2D eigenvalue weighted by Gasteiger charge is 2.07. The fraction of sp³-hybridized carbons (Fsp3) is 0.364. The van der Waals surface area contributed by atoms with Crippen LogP contribution in [-0.4, -0.2) is 46.2 Å². The van der Waals surface area contributed by atoms with Crippen LogP contribution in [-0.2, 0) is 13.0 Å². The molecular formula is C22H30N4O3. The molecule has 2 aromatic carbocycles. The Bertz CT molecular complexity index is 837. The molecule has 0 aromatic heterocycles. The van der Waals surface area contributed by atoms with E-state index in [9.17, 15) is 4.79 Å². The molecule has 0 fully saturated rings.